The van der Waals surface area contributed by atoms with E-state index in [2.05, 4.69) is 11.8 Å². The Hall–Kier alpha value is -1.10. The minimum absolute atomic E-state index is 0.0153. The first-order valence-electron chi connectivity index (χ1n) is 7.61. The summed E-state index contributed by atoms with van der Waals surface area (Å²) < 4.78 is 4.83. The molecule has 2 unspecified atom stereocenters. The van der Waals surface area contributed by atoms with Gasteiger partial charge in [0.25, 0.3) is 0 Å². The van der Waals surface area contributed by atoms with Crippen LogP contribution in [-0.2, 0) is 14.3 Å². The highest BCUT2D eigenvalue weighted by Crippen LogP contribution is 2.24. The number of carbonyl (C=O) groups is 2. The van der Waals surface area contributed by atoms with Gasteiger partial charge in [0.2, 0.25) is 5.91 Å². The number of carbonyl (C=O) groups excluding carboxylic acids is 2. The van der Waals surface area contributed by atoms with E-state index in [0.717, 1.165) is 39.1 Å². The van der Waals surface area contributed by atoms with Crippen LogP contribution in [0.5, 0.6) is 0 Å². The summed E-state index contributed by atoms with van der Waals surface area (Å²) in [6, 6.07) is 0. The maximum atomic E-state index is 11.9. The molecule has 20 heavy (non-hydrogen) atoms. The van der Waals surface area contributed by atoms with Gasteiger partial charge >= 0.3 is 5.97 Å². The molecule has 1 rings (SSSR count). The quantitative estimate of drug-likeness (QED) is 0.663. The molecular formula is C15H28N2O3. The lowest BCUT2D eigenvalue weighted by Crippen LogP contribution is -2.31. The van der Waals surface area contributed by atoms with Crippen molar-refractivity contribution in [2.75, 3.05) is 39.8 Å². The van der Waals surface area contributed by atoms with Gasteiger partial charge in [0.1, 0.15) is 0 Å². The van der Waals surface area contributed by atoms with Crippen molar-refractivity contribution in [1.29, 1.82) is 0 Å². The summed E-state index contributed by atoms with van der Waals surface area (Å²) in [5, 5.41) is 0. The van der Waals surface area contributed by atoms with E-state index in [1.165, 1.54) is 7.11 Å². The summed E-state index contributed by atoms with van der Waals surface area (Å²) in [4.78, 5) is 27.6. The number of hydrogen-bond acceptors (Lipinski definition) is 4. The average Bonchev–Trinajstić information content (AvgIpc) is 2.80. The molecule has 0 aromatic rings. The smallest absolute Gasteiger partial charge is 0.310 e. The van der Waals surface area contributed by atoms with Gasteiger partial charge in [-0.05, 0) is 32.7 Å². The van der Waals surface area contributed by atoms with E-state index in [-0.39, 0.29) is 17.8 Å². The van der Waals surface area contributed by atoms with Gasteiger partial charge in [-0.3, -0.25) is 9.59 Å². The summed E-state index contributed by atoms with van der Waals surface area (Å²) in [6.07, 6.45) is 1.45. The van der Waals surface area contributed by atoms with Crippen LogP contribution >= 0.6 is 0 Å². The Morgan fingerprint density at radius 1 is 1.25 bits per heavy atom. The molecule has 0 aromatic heterocycles. The molecule has 1 fully saturated rings. The van der Waals surface area contributed by atoms with Crippen LogP contribution in [0.15, 0.2) is 0 Å². The first kappa shape index (κ1) is 17.0. The lowest BCUT2D eigenvalue weighted by Gasteiger charge is -2.20. The predicted molar refractivity (Wildman–Crippen MR) is 78.3 cm³/mol. The molecule has 0 radical (unpaired) electrons. The van der Waals surface area contributed by atoms with E-state index in [1.807, 2.05) is 18.7 Å². The molecule has 0 bridgehead atoms. The van der Waals surface area contributed by atoms with Crippen molar-refractivity contribution in [1.82, 2.24) is 9.80 Å². The van der Waals surface area contributed by atoms with Crippen LogP contribution in [0.2, 0.25) is 0 Å². The van der Waals surface area contributed by atoms with E-state index >= 15 is 0 Å². The monoisotopic (exact) mass is 284 g/mol. The Labute approximate surface area is 122 Å². The topological polar surface area (TPSA) is 49.9 Å². The van der Waals surface area contributed by atoms with Crippen LogP contribution in [-0.4, -0.2) is 61.5 Å². The third-order valence-electron chi connectivity index (χ3n) is 4.17. The second-order valence-electron chi connectivity index (χ2n) is 5.54. The van der Waals surface area contributed by atoms with E-state index in [4.69, 9.17) is 4.74 Å². The second kappa shape index (κ2) is 8.25. The van der Waals surface area contributed by atoms with Crippen LogP contribution in [0.25, 0.3) is 0 Å². The Bertz CT molecular complexity index is 329. The van der Waals surface area contributed by atoms with Gasteiger partial charge < -0.3 is 14.5 Å². The fourth-order valence-corrected chi connectivity index (χ4v) is 2.90. The number of nitrogens with zero attached hydrogens (tertiary/aromatic N) is 2. The number of hydrogen-bond donors (Lipinski definition) is 0. The largest absolute Gasteiger partial charge is 0.469 e. The SMILES string of the molecule is CCN(CC)C(=O)CCCN1CC(C)C(C(=O)OC)C1. The van der Waals surface area contributed by atoms with Crippen LogP contribution in [0.3, 0.4) is 0 Å². The van der Waals surface area contributed by atoms with Crippen LogP contribution in [0.4, 0.5) is 0 Å². The first-order chi connectivity index (χ1) is 9.53. The minimum Gasteiger partial charge on any atom is -0.469 e. The third-order valence-corrected chi connectivity index (χ3v) is 4.17. The van der Waals surface area contributed by atoms with Crippen molar-refractivity contribution in [3.63, 3.8) is 0 Å². The van der Waals surface area contributed by atoms with Gasteiger partial charge in [-0.1, -0.05) is 6.92 Å². The zero-order valence-corrected chi connectivity index (χ0v) is 13.2. The van der Waals surface area contributed by atoms with E-state index in [0.29, 0.717) is 12.3 Å². The maximum Gasteiger partial charge on any atom is 0.310 e. The molecule has 1 aliphatic heterocycles. The van der Waals surface area contributed by atoms with E-state index in [9.17, 15) is 9.59 Å². The van der Waals surface area contributed by atoms with Gasteiger partial charge in [0.05, 0.1) is 13.0 Å². The van der Waals surface area contributed by atoms with Crippen LogP contribution < -0.4 is 0 Å². The summed E-state index contributed by atoms with van der Waals surface area (Å²) in [7, 11) is 1.44. The molecule has 0 saturated carbocycles. The molecule has 116 valence electrons. The molecule has 5 nitrogen and oxygen atoms in total. The molecule has 1 amide bonds. The number of esters is 1. The zero-order chi connectivity index (χ0) is 15.1. The van der Waals surface area contributed by atoms with Gasteiger partial charge in [0.15, 0.2) is 0 Å². The van der Waals surface area contributed by atoms with Crippen molar-refractivity contribution in [3.8, 4) is 0 Å². The molecular weight excluding hydrogens is 256 g/mol. The number of likely N-dealkylation sites (tertiary alicyclic amines) is 1. The van der Waals surface area contributed by atoms with Crippen molar-refractivity contribution in [2.45, 2.75) is 33.6 Å². The first-order valence-corrected chi connectivity index (χ1v) is 7.61. The van der Waals surface area contributed by atoms with Crippen molar-refractivity contribution < 1.29 is 14.3 Å². The summed E-state index contributed by atoms with van der Waals surface area (Å²) in [5.74, 6) is 0.436. The summed E-state index contributed by atoms with van der Waals surface area (Å²) in [6.45, 7) is 10.2. The second-order valence-corrected chi connectivity index (χ2v) is 5.54. The molecule has 2 atom stereocenters. The lowest BCUT2D eigenvalue weighted by atomic mass is 9.99. The fraction of sp³-hybridized carbons (Fsp3) is 0.867. The highest BCUT2D eigenvalue weighted by molar-refractivity contribution is 5.76. The summed E-state index contributed by atoms with van der Waals surface area (Å²) in [5.41, 5.74) is 0. The Morgan fingerprint density at radius 2 is 1.90 bits per heavy atom. The van der Waals surface area contributed by atoms with Crippen LogP contribution in [0.1, 0.15) is 33.6 Å². The number of amides is 1. The Kier molecular flexibility index (Phi) is 6.99. The molecule has 5 heteroatoms. The standard InChI is InChI=1S/C15H28N2O3/c1-5-17(6-2)14(18)8-7-9-16-10-12(3)13(11-16)15(19)20-4/h12-13H,5-11H2,1-4H3. The van der Waals surface area contributed by atoms with Gasteiger partial charge in [0, 0.05) is 32.6 Å². The molecule has 0 aromatic carbocycles. The third kappa shape index (κ3) is 4.47. The summed E-state index contributed by atoms with van der Waals surface area (Å²) >= 11 is 0. The average molecular weight is 284 g/mol. The van der Waals surface area contributed by atoms with Gasteiger partial charge in [-0.25, -0.2) is 0 Å². The fourth-order valence-electron chi connectivity index (χ4n) is 2.90. The molecule has 1 heterocycles. The van der Waals surface area contributed by atoms with Crippen molar-refractivity contribution in [3.05, 3.63) is 0 Å². The predicted octanol–water partition coefficient (Wildman–Crippen LogP) is 1.38. The molecule has 0 spiro atoms. The molecule has 0 N–H and O–H groups in total. The maximum absolute atomic E-state index is 11.9. The normalized spacial score (nSPS) is 22.8. The minimum atomic E-state index is -0.112. The highest BCUT2D eigenvalue weighted by Gasteiger charge is 2.35. The van der Waals surface area contributed by atoms with Gasteiger partial charge in [-0.2, -0.15) is 0 Å². The Balaban J connectivity index is 2.30. The number of methoxy groups -OCH3 is 1. The van der Waals surface area contributed by atoms with Gasteiger partial charge in [-0.15, -0.1) is 0 Å². The number of ether oxygens (including phenoxy) is 1. The van der Waals surface area contributed by atoms with Crippen LogP contribution in [0, 0.1) is 11.8 Å². The van der Waals surface area contributed by atoms with Crippen molar-refractivity contribution >= 4 is 11.9 Å². The molecule has 0 aliphatic carbocycles. The van der Waals surface area contributed by atoms with Crippen molar-refractivity contribution in [2.24, 2.45) is 11.8 Å². The molecule has 1 aliphatic rings. The van der Waals surface area contributed by atoms with E-state index in [1.54, 1.807) is 0 Å². The highest BCUT2D eigenvalue weighted by atomic mass is 16.5. The lowest BCUT2D eigenvalue weighted by molar-refractivity contribution is -0.146. The zero-order valence-electron chi connectivity index (χ0n) is 13.2. The Morgan fingerprint density at radius 3 is 2.45 bits per heavy atom. The number of rotatable bonds is 7. The molecule has 1 saturated heterocycles. The van der Waals surface area contributed by atoms with E-state index < -0.39 is 0 Å².